The zero-order chi connectivity index (χ0) is 32.6. The van der Waals surface area contributed by atoms with Gasteiger partial charge in [0.25, 0.3) is 0 Å². The monoisotopic (exact) mass is 612 g/mol. The van der Waals surface area contributed by atoms with Gasteiger partial charge in [-0.2, -0.15) is 0 Å². The average Bonchev–Trinajstić information content (AvgIpc) is 2.99. The highest BCUT2D eigenvalue weighted by atomic mass is 16.3. The molecule has 246 valence electrons. The van der Waals surface area contributed by atoms with Crippen LogP contribution in [0.2, 0.25) is 0 Å². The van der Waals surface area contributed by atoms with Crippen molar-refractivity contribution in [3.8, 4) is 12.3 Å². The van der Waals surface area contributed by atoms with E-state index in [9.17, 15) is 24.6 Å². The van der Waals surface area contributed by atoms with Crippen molar-refractivity contribution in [2.24, 2.45) is 17.8 Å². The van der Waals surface area contributed by atoms with Gasteiger partial charge in [0.2, 0.25) is 17.7 Å². The maximum Gasteiger partial charge on any atom is 0.243 e. The van der Waals surface area contributed by atoms with Gasteiger partial charge in [0, 0.05) is 33.0 Å². The largest absolute Gasteiger partial charge is 0.390 e. The van der Waals surface area contributed by atoms with Crippen molar-refractivity contribution in [1.29, 1.82) is 0 Å². The van der Waals surface area contributed by atoms with Crippen LogP contribution < -0.4 is 10.6 Å². The summed E-state index contributed by atoms with van der Waals surface area (Å²) in [7, 11) is 5.60. The molecule has 0 spiro atoms. The van der Waals surface area contributed by atoms with E-state index in [4.69, 9.17) is 6.42 Å². The number of nitrogens with zero attached hydrogens (tertiary/aromatic N) is 2. The molecule has 0 aliphatic heterocycles. The van der Waals surface area contributed by atoms with Gasteiger partial charge in [-0.1, -0.05) is 76.3 Å². The standard InChI is InChI=1S/C35H56N4O5/c1-7-14-29(35(44)37-30(23-27-17-12-9-13-18-27)33(42)31(40)21-25(2)3)36-34(43)28(22-26-15-10-8-11-16-26)24-32(41)39(6)20-19-38(4)5/h1,8,10-11,15-16,25,27-31,33,40,42H,9,12-14,17-24H2,2-6H3,(H,36,43)(H,37,44)/t28-,29+,30+,31+,33-/m1/s1. The molecule has 2 rings (SSSR count). The highest BCUT2D eigenvalue weighted by molar-refractivity contribution is 5.91. The summed E-state index contributed by atoms with van der Waals surface area (Å²) in [4.78, 5) is 44.1. The molecule has 0 bridgehead atoms. The Morgan fingerprint density at radius 1 is 0.977 bits per heavy atom. The molecule has 1 aromatic carbocycles. The lowest BCUT2D eigenvalue weighted by Gasteiger charge is -2.33. The van der Waals surface area contributed by atoms with Crippen LogP contribution in [-0.4, -0.2) is 96.3 Å². The van der Waals surface area contributed by atoms with Crippen LogP contribution in [0.15, 0.2) is 30.3 Å². The van der Waals surface area contributed by atoms with E-state index in [1.165, 1.54) is 6.42 Å². The zero-order valence-corrected chi connectivity index (χ0v) is 27.5. The molecule has 1 aliphatic rings. The molecule has 1 aliphatic carbocycles. The molecule has 1 saturated carbocycles. The van der Waals surface area contributed by atoms with Crippen molar-refractivity contribution in [3.05, 3.63) is 35.9 Å². The number of amides is 3. The van der Waals surface area contributed by atoms with Gasteiger partial charge in [-0.3, -0.25) is 14.4 Å². The highest BCUT2D eigenvalue weighted by Gasteiger charge is 2.34. The summed E-state index contributed by atoms with van der Waals surface area (Å²) in [6.07, 6.45) is 10.1. The Bertz CT molecular complexity index is 1050. The molecule has 0 aromatic heterocycles. The van der Waals surface area contributed by atoms with Crippen molar-refractivity contribution >= 4 is 17.7 Å². The molecule has 5 atom stereocenters. The number of aliphatic hydroxyl groups is 2. The van der Waals surface area contributed by atoms with Crippen LogP contribution >= 0.6 is 0 Å². The summed E-state index contributed by atoms with van der Waals surface area (Å²) in [5.41, 5.74) is 0.907. The summed E-state index contributed by atoms with van der Waals surface area (Å²) in [6.45, 7) is 5.17. The zero-order valence-electron chi connectivity index (χ0n) is 27.5. The molecular weight excluding hydrogens is 556 g/mol. The summed E-state index contributed by atoms with van der Waals surface area (Å²) < 4.78 is 0. The van der Waals surface area contributed by atoms with E-state index in [0.717, 1.165) is 31.2 Å². The molecule has 0 radical (unpaired) electrons. The Morgan fingerprint density at radius 2 is 1.64 bits per heavy atom. The lowest BCUT2D eigenvalue weighted by atomic mass is 9.82. The van der Waals surface area contributed by atoms with Crippen LogP contribution in [0.25, 0.3) is 0 Å². The van der Waals surface area contributed by atoms with E-state index >= 15 is 0 Å². The Balaban J connectivity index is 2.21. The normalized spacial score (nSPS) is 17.3. The Kier molecular flexibility index (Phi) is 16.5. The van der Waals surface area contributed by atoms with Crippen molar-refractivity contribution < 1.29 is 24.6 Å². The molecule has 9 nitrogen and oxygen atoms in total. The van der Waals surface area contributed by atoms with E-state index in [0.29, 0.717) is 38.3 Å². The first-order valence-electron chi connectivity index (χ1n) is 16.2. The molecular formula is C35H56N4O5. The Hall–Kier alpha value is -2.93. The SMILES string of the molecule is C#CC[C@H](NC(=O)[C@@H](CC(=O)N(C)CCN(C)C)Cc1ccccc1)C(=O)N[C@@H](CC1CCCCC1)[C@@H](O)[C@@H](O)CC(C)C. The predicted molar refractivity (Wildman–Crippen MR) is 174 cm³/mol. The molecule has 0 saturated heterocycles. The molecule has 4 N–H and O–H groups in total. The summed E-state index contributed by atoms with van der Waals surface area (Å²) >= 11 is 0. The number of carbonyl (C=O) groups is 3. The molecule has 0 heterocycles. The minimum Gasteiger partial charge on any atom is -0.390 e. The third-order valence-electron chi connectivity index (χ3n) is 8.54. The number of carbonyl (C=O) groups excluding carboxylic acids is 3. The fourth-order valence-electron chi connectivity index (χ4n) is 5.85. The topological polar surface area (TPSA) is 122 Å². The second-order valence-electron chi connectivity index (χ2n) is 13.2. The third kappa shape index (κ3) is 13.4. The van der Waals surface area contributed by atoms with E-state index in [1.54, 1.807) is 11.9 Å². The second kappa shape index (κ2) is 19.5. The first-order valence-corrected chi connectivity index (χ1v) is 16.2. The summed E-state index contributed by atoms with van der Waals surface area (Å²) in [5, 5.41) is 27.7. The second-order valence-corrected chi connectivity index (χ2v) is 13.2. The number of terminal acetylenes is 1. The van der Waals surface area contributed by atoms with E-state index in [2.05, 4.69) is 16.6 Å². The van der Waals surface area contributed by atoms with Gasteiger partial charge in [0.15, 0.2) is 0 Å². The van der Waals surface area contributed by atoms with Gasteiger partial charge >= 0.3 is 0 Å². The number of likely N-dealkylation sites (N-methyl/N-ethyl adjacent to an activating group) is 2. The molecule has 1 aromatic rings. The number of rotatable bonds is 18. The third-order valence-corrected chi connectivity index (χ3v) is 8.54. The van der Waals surface area contributed by atoms with E-state index in [1.807, 2.05) is 63.2 Å². The van der Waals surface area contributed by atoms with Crippen LogP contribution in [0.4, 0.5) is 0 Å². The number of hydrogen-bond donors (Lipinski definition) is 4. The molecule has 44 heavy (non-hydrogen) atoms. The lowest BCUT2D eigenvalue weighted by molar-refractivity contribution is -0.137. The first-order chi connectivity index (χ1) is 20.9. The van der Waals surface area contributed by atoms with Crippen molar-refractivity contribution in [2.75, 3.05) is 34.2 Å². The number of aliphatic hydroxyl groups excluding tert-OH is 2. The van der Waals surface area contributed by atoms with Gasteiger partial charge in [0.05, 0.1) is 18.1 Å². The molecule has 9 heteroatoms. The van der Waals surface area contributed by atoms with Gasteiger partial charge in [0.1, 0.15) is 12.1 Å². The number of nitrogens with one attached hydrogen (secondary N) is 2. The number of benzene rings is 1. The maximum atomic E-state index is 13.7. The number of hydrogen-bond acceptors (Lipinski definition) is 6. The van der Waals surface area contributed by atoms with E-state index < -0.39 is 42.0 Å². The smallest absolute Gasteiger partial charge is 0.243 e. The quantitative estimate of drug-likeness (QED) is 0.189. The van der Waals surface area contributed by atoms with Crippen molar-refractivity contribution in [1.82, 2.24) is 20.4 Å². The van der Waals surface area contributed by atoms with Crippen LogP contribution in [0.5, 0.6) is 0 Å². The lowest BCUT2D eigenvalue weighted by Crippen LogP contribution is -2.56. The maximum absolute atomic E-state index is 13.7. The fraction of sp³-hybridized carbons (Fsp3) is 0.686. The van der Waals surface area contributed by atoms with Crippen LogP contribution in [0.1, 0.15) is 77.2 Å². The van der Waals surface area contributed by atoms with Gasteiger partial charge in [-0.25, -0.2) is 0 Å². The highest BCUT2D eigenvalue weighted by Crippen LogP contribution is 2.29. The minimum atomic E-state index is -1.15. The Labute approximate surface area is 265 Å². The van der Waals surface area contributed by atoms with E-state index in [-0.39, 0.29) is 24.7 Å². The Morgan fingerprint density at radius 3 is 2.23 bits per heavy atom. The van der Waals surface area contributed by atoms with Gasteiger partial charge < -0.3 is 30.6 Å². The predicted octanol–water partition coefficient (Wildman–Crippen LogP) is 2.99. The van der Waals surface area contributed by atoms with Gasteiger partial charge in [-0.15, -0.1) is 12.3 Å². The summed E-state index contributed by atoms with van der Waals surface area (Å²) in [5.74, 6) is 1.20. The van der Waals surface area contributed by atoms with Crippen molar-refractivity contribution in [2.45, 2.75) is 102 Å². The minimum absolute atomic E-state index is 0.0144. The van der Waals surface area contributed by atoms with Crippen LogP contribution in [0.3, 0.4) is 0 Å². The molecule has 1 fully saturated rings. The average molecular weight is 613 g/mol. The first kappa shape index (κ1) is 37.3. The van der Waals surface area contributed by atoms with Crippen LogP contribution in [0, 0.1) is 30.1 Å². The van der Waals surface area contributed by atoms with Crippen LogP contribution in [-0.2, 0) is 20.8 Å². The van der Waals surface area contributed by atoms with Crippen molar-refractivity contribution in [3.63, 3.8) is 0 Å². The fourth-order valence-corrected chi connectivity index (χ4v) is 5.85. The molecule has 3 amide bonds. The molecule has 0 unspecified atom stereocenters. The van der Waals surface area contributed by atoms with Gasteiger partial charge in [-0.05, 0) is 50.8 Å². The summed E-state index contributed by atoms with van der Waals surface area (Å²) in [6, 6.07) is 7.75.